The highest BCUT2D eigenvalue weighted by Crippen LogP contribution is 2.37. The molecule has 0 bridgehead atoms. The van der Waals surface area contributed by atoms with Crippen molar-refractivity contribution >= 4 is 37.0 Å². The normalized spacial score (nSPS) is 14.2. The maximum atomic E-state index is 13.9. The number of hydrogen-bond donors (Lipinski definition) is 3. The minimum atomic E-state index is -2.04. The minimum Gasteiger partial charge on any atom is -0.544 e. The number of benzene rings is 2. The van der Waals surface area contributed by atoms with Gasteiger partial charge in [0.05, 0.1) is 25.6 Å². The highest BCUT2D eigenvalue weighted by atomic mass is 28.4. The molecule has 0 radical (unpaired) electrons. The summed E-state index contributed by atoms with van der Waals surface area (Å²) in [5.41, 5.74) is 8.45. The Balaban J connectivity index is 1.91. The highest BCUT2D eigenvalue weighted by Gasteiger charge is 2.39. The topological polar surface area (TPSA) is 127 Å². The summed E-state index contributed by atoms with van der Waals surface area (Å²) in [7, 11) is 0.847. The molecule has 0 aliphatic carbocycles. The number of likely N-dealkylation sites (N-methyl/N-ethyl adjacent to an activating group) is 1. The first-order chi connectivity index (χ1) is 19.1. The third-order valence-electron chi connectivity index (χ3n) is 7.97. The van der Waals surface area contributed by atoms with Crippen LogP contribution in [0.25, 0.3) is 10.9 Å². The Morgan fingerprint density at radius 2 is 1.71 bits per heavy atom. The van der Waals surface area contributed by atoms with Gasteiger partial charge in [-0.2, -0.15) is 0 Å². The van der Waals surface area contributed by atoms with E-state index in [1.54, 1.807) is 14.0 Å². The number of aromatic amines is 1. The summed E-state index contributed by atoms with van der Waals surface area (Å²) in [6.45, 7) is 12.5. The first-order valence-electron chi connectivity index (χ1n) is 13.9. The molecule has 2 aromatic carbocycles. The molecule has 1 heterocycles. The molecule has 0 aliphatic rings. The number of hydrogen-bond acceptors (Lipinski definition) is 6. The number of esters is 1. The second-order valence-electron chi connectivity index (χ2n) is 12.1. The molecular weight excluding hydrogens is 536 g/mol. The Bertz CT molecular complexity index is 1360. The van der Waals surface area contributed by atoms with Crippen LogP contribution in [0.1, 0.15) is 51.3 Å². The molecule has 0 saturated heterocycles. The molecule has 9 nitrogen and oxygen atoms in total. The number of aromatic nitrogens is 1. The lowest BCUT2D eigenvalue weighted by Crippen LogP contribution is -2.53. The quantitative estimate of drug-likeness (QED) is 0.223. The van der Waals surface area contributed by atoms with Crippen LogP contribution in [0.3, 0.4) is 0 Å². The van der Waals surface area contributed by atoms with Gasteiger partial charge in [-0.15, -0.1) is 0 Å². The van der Waals surface area contributed by atoms with Crippen LogP contribution < -0.4 is 15.5 Å². The van der Waals surface area contributed by atoms with Crippen LogP contribution in [-0.2, 0) is 25.5 Å². The van der Waals surface area contributed by atoms with E-state index in [4.69, 9.17) is 14.9 Å². The average Bonchev–Trinajstić information content (AvgIpc) is 3.32. The molecule has 10 heteroatoms. The maximum Gasteiger partial charge on any atom is 0.307 e. The zero-order valence-electron chi connectivity index (χ0n) is 25.4. The molecule has 41 heavy (non-hydrogen) atoms. The smallest absolute Gasteiger partial charge is 0.307 e. The Morgan fingerprint density at radius 1 is 1.07 bits per heavy atom. The van der Waals surface area contributed by atoms with E-state index in [1.807, 2.05) is 54.7 Å². The summed E-state index contributed by atoms with van der Waals surface area (Å²) in [5.74, 6) is -0.489. The van der Waals surface area contributed by atoms with E-state index in [-0.39, 0.29) is 23.8 Å². The van der Waals surface area contributed by atoms with Crippen molar-refractivity contribution in [2.24, 2.45) is 5.73 Å². The Morgan fingerprint density at radius 3 is 2.29 bits per heavy atom. The van der Waals surface area contributed by atoms with E-state index in [1.165, 1.54) is 12.0 Å². The van der Waals surface area contributed by atoms with Crippen molar-refractivity contribution in [1.82, 2.24) is 15.2 Å². The van der Waals surface area contributed by atoms with Crippen molar-refractivity contribution in [3.8, 4) is 5.75 Å². The Kier molecular flexibility index (Phi) is 10.0. The molecule has 3 atom stereocenters. The van der Waals surface area contributed by atoms with E-state index in [0.29, 0.717) is 0 Å². The summed E-state index contributed by atoms with van der Waals surface area (Å²) >= 11 is 0. The number of rotatable bonds is 11. The number of carbonyl (C=O) groups excluding carboxylic acids is 3. The predicted octanol–water partition coefficient (Wildman–Crippen LogP) is 4.69. The van der Waals surface area contributed by atoms with E-state index in [9.17, 15) is 14.4 Å². The molecular formula is C31H44N4O5Si. The summed E-state index contributed by atoms with van der Waals surface area (Å²) in [6, 6.07) is 12.9. The van der Waals surface area contributed by atoms with E-state index in [0.717, 1.165) is 27.8 Å². The van der Waals surface area contributed by atoms with Gasteiger partial charge in [-0.3, -0.25) is 14.4 Å². The van der Waals surface area contributed by atoms with Gasteiger partial charge < -0.3 is 30.1 Å². The lowest BCUT2D eigenvalue weighted by molar-refractivity contribution is -0.142. The largest absolute Gasteiger partial charge is 0.544 e. The zero-order chi connectivity index (χ0) is 30.5. The molecule has 3 rings (SSSR count). The fourth-order valence-electron chi connectivity index (χ4n) is 4.38. The van der Waals surface area contributed by atoms with Crippen LogP contribution >= 0.6 is 0 Å². The SMILES string of the molecule is COC(=O)C[C@@H](NC(=O)[C@@H](Cc1c[nH]c2ccccc12)N(C)C(=O)[C@H](C)N)c1ccc(O[Si](C)(C)C(C)(C)C)cc1. The zero-order valence-corrected chi connectivity index (χ0v) is 26.4. The van der Waals surface area contributed by atoms with Gasteiger partial charge in [0.1, 0.15) is 11.8 Å². The van der Waals surface area contributed by atoms with Gasteiger partial charge in [-0.05, 0) is 54.4 Å². The first-order valence-corrected chi connectivity index (χ1v) is 16.8. The fraction of sp³-hybridized carbons (Fsp3) is 0.452. The van der Waals surface area contributed by atoms with Gasteiger partial charge >= 0.3 is 5.97 Å². The molecule has 3 aromatic rings. The first kappa shape index (κ1) is 31.9. The number of fused-ring (bicyclic) bond motifs is 1. The van der Waals surface area contributed by atoms with Crippen LogP contribution in [0.5, 0.6) is 5.75 Å². The van der Waals surface area contributed by atoms with Crippen LogP contribution in [0, 0.1) is 0 Å². The minimum absolute atomic E-state index is 0.0390. The number of carbonyl (C=O) groups is 3. The van der Waals surface area contributed by atoms with Gasteiger partial charge in [0.2, 0.25) is 20.1 Å². The van der Waals surface area contributed by atoms with Crippen molar-refractivity contribution in [3.05, 3.63) is 65.9 Å². The predicted molar refractivity (Wildman–Crippen MR) is 164 cm³/mol. The van der Waals surface area contributed by atoms with E-state index < -0.39 is 38.3 Å². The number of amides is 2. The van der Waals surface area contributed by atoms with Crippen molar-refractivity contribution < 1.29 is 23.5 Å². The monoisotopic (exact) mass is 580 g/mol. The number of H-pyrrole nitrogens is 1. The number of nitrogens with one attached hydrogen (secondary N) is 2. The van der Waals surface area contributed by atoms with Crippen LogP contribution in [0.4, 0.5) is 0 Å². The number of para-hydroxylation sites is 1. The number of nitrogens with two attached hydrogens (primary N) is 1. The molecule has 1 aromatic heterocycles. The Hall–Kier alpha value is -3.63. The van der Waals surface area contributed by atoms with Gasteiger partial charge in [0.25, 0.3) is 0 Å². The molecule has 222 valence electrons. The van der Waals surface area contributed by atoms with Gasteiger partial charge in [0.15, 0.2) is 0 Å². The van der Waals surface area contributed by atoms with Crippen molar-refractivity contribution in [2.45, 2.75) is 76.8 Å². The molecule has 2 amide bonds. The van der Waals surface area contributed by atoms with Crippen molar-refractivity contribution in [3.63, 3.8) is 0 Å². The van der Waals surface area contributed by atoms with Crippen LogP contribution in [-0.4, -0.2) is 62.2 Å². The lowest BCUT2D eigenvalue weighted by Gasteiger charge is -2.36. The second kappa shape index (κ2) is 12.9. The Labute approximate surface area is 243 Å². The summed E-state index contributed by atoms with van der Waals surface area (Å²) < 4.78 is 11.3. The van der Waals surface area contributed by atoms with Gasteiger partial charge in [-0.1, -0.05) is 51.1 Å². The van der Waals surface area contributed by atoms with E-state index >= 15 is 0 Å². The molecule has 0 fully saturated rings. The average molecular weight is 581 g/mol. The standard InChI is InChI=1S/C31H44N4O5Si/c1-20(32)30(38)35(5)27(17-22-19-33-25-12-10-9-11-24(22)25)29(37)34-26(18-28(36)39-6)21-13-15-23(16-14-21)40-41(7,8)31(2,3)4/h9-16,19-20,26-27,33H,17-18,32H2,1-8H3,(H,34,37)/t20-,26+,27+/m0/s1. The third-order valence-corrected chi connectivity index (χ3v) is 12.3. The van der Waals surface area contributed by atoms with E-state index in [2.05, 4.69) is 44.2 Å². The lowest BCUT2D eigenvalue weighted by atomic mass is 10.00. The third kappa shape index (κ3) is 7.77. The fourth-order valence-corrected chi connectivity index (χ4v) is 5.41. The molecule has 0 aliphatic heterocycles. The van der Waals surface area contributed by atoms with Gasteiger partial charge in [-0.25, -0.2) is 0 Å². The number of ether oxygens (including phenoxy) is 1. The number of nitrogens with zero attached hydrogens (tertiary/aromatic N) is 1. The molecule has 0 spiro atoms. The maximum absolute atomic E-state index is 13.9. The summed E-state index contributed by atoms with van der Waals surface area (Å²) in [4.78, 5) is 43.8. The second-order valence-corrected chi connectivity index (χ2v) is 16.8. The van der Waals surface area contributed by atoms with Gasteiger partial charge in [0, 0.05) is 30.6 Å². The highest BCUT2D eigenvalue weighted by molar-refractivity contribution is 6.74. The van der Waals surface area contributed by atoms with Crippen molar-refractivity contribution in [2.75, 3.05) is 14.2 Å². The van der Waals surface area contributed by atoms with Crippen LogP contribution in [0.15, 0.2) is 54.7 Å². The number of methoxy groups -OCH3 is 1. The summed E-state index contributed by atoms with van der Waals surface area (Å²) in [5, 5.41) is 4.02. The molecule has 0 unspecified atom stereocenters. The van der Waals surface area contributed by atoms with Crippen LogP contribution in [0.2, 0.25) is 18.1 Å². The molecule has 0 saturated carbocycles. The summed E-state index contributed by atoms with van der Waals surface area (Å²) in [6.07, 6.45) is 2.03. The molecule has 4 N–H and O–H groups in total. The van der Waals surface area contributed by atoms with Crippen molar-refractivity contribution in [1.29, 1.82) is 0 Å².